The Hall–Kier alpha value is -1.80. The van der Waals surface area contributed by atoms with E-state index in [1.165, 1.54) is 0 Å². The van der Waals surface area contributed by atoms with Crippen molar-refractivity contribution < 1.29 is 23.1 Å². The Morgan fingerprint density at radius 2 is 2.06 bits per heavy atom. The molecular weight excluding hydrogens is 229 g/mol. The Balaban J connectivity index is 2.27. The maximum Gasteiger partial charge on any atom is 0.453 e. The van der Waals surface area contributed by atoms with E-state index in [0.717, 1.165) is 9.58 Å². The summed E-state index contributed by atoms with van der Waals surface area (Å²) in [6.45, 7) is 0.0338. The van der Waals surface area contributed by atoms with E-state index in [4.69, 9.17) is 5.11 Å². The van der Waals surface area contributed by atoms with Crippen LogP contribution in [0.15, 0.2) is 0 Å². The van der Waals surface area contributed by atoms with Crippen LogP contribution in [0.5, 0.6) is 0 Å². The molecule has 0 saturated carbocycles. The van der Waals surface area contributed by atoms with Crippen molar-refractivity contribution in [1.82, 2.24) is 19.7 Å². The highest BCUT2D eigenvalue weighted by molar-refractivity contribution is 5.64. The molecule has 88 valence electrons. The van der Waals surface area contributed by atoms with Crippen LogP contribution in [0.25, 0.3) is 0 Å². The third kappa shape index (κ3) is 1.79. The fourth-order valence-electron chi connectivity index (χ4n) is 1.42. The predicted molar refractivity (Wildman–Crippen MR) is 43.5 cm³/mol. The smallest absolute Gasteiger partial charge is 0.453 e. The zero-order valence-corrected chi connectivity index (χ0v) is 7.90. The molecule has 6 nitrogen and oxygen atoms in total. The van der Waals surface area contributed by atoms with Gasteiger partial charge in [-0.2, -0.15) is 13.2 Å². The van der Waals surface area contributed by atoms with E-state index in [-0.39, 0.29) is 25.5 Å². The van der Waals surface area contributed by atoms with Crippen molar-refractivity contribution in [2.45, 2.75) is 19.3 Å². The molecule has 0 saturated heterocycles. The molecule has 1 aliphatic rings. The van der Waals surface area contributed by atoms with Gasteiger partial charge in [-0.05, 0) is 0 Å². The monoisotopic (exact) mass is 236 g/mol. The second kappa shape index (κ2) is 3.35. The lowest BCUT2D eigenvalue weighted by Gasteiger charge is -2.23. The molecule has 1 aromatic rings. The van der Waals surface area contributed by atoms with E-state index in [1.807, 2.05) is 0 Å². The van der Waals surface area contributed by atoms with Gasteiger partial charge in [-0.1, -0.05) is 0 Å². The first-order chi connectivity index (χ1) is 7.38. The summed E-state index contributed by atoms with van der Waals surface area (Å²) >= 11 is 0. The molecule has 0 aliphatic carbocycles. The molecule has 0 unspecified atom stereocenters. The van der Waals surface area contributed by atoms with E-state index in [9.17, 15) is 18.0 Å². The maximum atomic E-state index is 12.3. The van der Waals surface area contributed by atoms with Crippen molar-refractivity contribution in [2.24, 2.45) is 0 Å². The maximum absolute atomic E-state index is 12.3. The largest absolute Gasteiger partial charge is 0.465 e. The summed E-state index contributed by atoms with van der Waals surface area (Å²) in [4.78, 5) is 14.9. The Labute approximate surface area is 87.3 Å². The average molecular weight is 236 g/mol. The van der Waals surface area contributed by atoms with Crippen molar-refractivity contribution in [3.63, 3.8) is 0 Å². The summed E-state index contributed by atoms with van der Waals surface area (Å²) in [5.41, 5.74) is 0. The first-order valence-corrected chi connectivity index (χ1v) is 4.36. The summed E-state index contributed by atoms with van der Waals surface area (Å²) in [7, 11) is 0. The van der Waals surface area contributed by atoms with E-state index < -0.39 is 18.1 Å². The van der Waals surface area contributed by atoms with Crippen LogP contribution in [0.3, 0.4) is 0 Å². The van der Waals surface area contributed by atoms with E-state index >= 15 is 0 Å². The Kier molecular flexibility index (Phi) is 2.25. The second-order valence-corrected chi connectivity index (χ2v) is 3.28. The molecule has 1 N–H and O–H groups in total. The molecule has 0 spiro atoms. The summed E-state index contributed by atoms with van der Waals surface area (Å²) in [6.07, 6.45) is -5.78. The number of carbonyl (C=O) groups is 1. The zero-order valence-electron chi connectivity index (χ0n) is 7.90. The molecular formula is C7H7F3N4O2. The number of carboxylic acid groups (broad SMARTS) is 1. The first kappa shape index (κ1) is 10.7. The third-order valence-corrected chi connectivity index (χ3v) is 2.19. The molecule has 16 heavy (non-hydrogen) atoms. The summed E-state index contributed by atoms with van der Waals surface area (Å²) in [5.74, 6) is -1.21. The van der Waals surface area contributed by atoms with Gasteiger partial charge in [0.15, 0.2) is 0 Å². The van der Waals surface area contributed by atoms with Gasteiger partial charge in [0.1, 0.15) is 5.82 Å². The van der Waals surface area contributed by atoms with Gasteiger partial charge < -0.3 is 5.11 Å². The second-order valence-electron chi connectivity index (χ2n) is 3.28. The summed E-state index contributed by atoms with van der Waals surface area (Å²) < 4.78 is 37.9. The average Bonchev–Trinajstić information content (AvgIpc) is 2.58. The standard InChI is InChI=1S/C7H7F3N4O2/c8-7(9,10)5-11-4-3-13(6(15)16)1-2-14(4)12-5/h1-3H2,(H,15,16). The summed E-state index contributed by atoms with van der Waals surface area (Å²) in [5, 5.41) is 12.0. The van der Waals surface area contributed by atoms with Crippen molar-refractivity contribution in [3.8, 4) is 0 Å². The fourth-order valence-corrected chi connectivity index (χ4v) is 1.42. The fraction of sp³-hybridized carbons (Fsp3) is 0.571. The van der Waals surface area contributed by atoms with Crippen LogP contribution < -0.4 is 0 Å². The van der Waals surface area contributed by atoms with Crippen molar-refractivity contribution in [3.05, 3.63) is 11.6 Å². The molecule has 1 aliphatic heterocycles. The number of alkyl halides is 3. The number of aromatic nitrogens is 3. The molecule has 9 heteroatoms. The molecule has 0 atom stereocenters. The minimum absolute atomic E-state index is 0.0148. The van der Waals surface area contributed by atoms with Gasteiger partial charge in [0.05, 0.1) is 13.1 Å². The van der Waals surface area contributed by atoms with Crippen LogP contribution in [0, 0.1) is 0 Å². The minimum atomic E-state index is -4.60. The van der Waals surface area contributed by atoms with Crippen LogP contribution >= 0.6 is 0 Å². The molecule has 2 rings (SSSR count). The highest BCUT2D eigenvalue weighted by Crippen LogP contribution is 2.27. The molecule has 1 amide bonds. The lowest BCUT2D eigenvalue weighted by atomic mass is 10.4. The topological polar surface area (TPSA) is 71.2 Å². The van der Waals surface area contributed by atoms with Crippen LogP contribution in [0.2, 0.25) is 0 Å². The van der Waals surface area contributed by atoms with Crippen LogP contribution in [-0.2, 0) is 19.3 Å². The number of amides is 1. The van der Waals surface area contributed by atoms with Gasteiger partial charge in [0, 0.05) is 6.54 Å². The van der Waals surface area contributed by atoms with E-state index in [0.29, 0.717) is 0 Å². The van der Waals surface area contributed by atoms with Crippen molar-refractivity contribution >= 4 is 6.09 Å². The van der Waals surface area contributed by atoms with Gasteiger partial charge in [0.2, 0.25) is 0 Å². The number of nitrogens with zero attached hydrogens (tertiary/aromatic N) is 4. The Morgan fingerprint density at radius 3 is 2.62 bits per heavy atom. The SMILES string of the molecule is O=C(O)N1CCn2nc(C(F)(F)F)nc2C1. The van der Waals surface area contributed by atoms with Gasteiger partial charge in [-0.3, -0.25) is 4.90 Å². The third-order valence-electron chi connectivity index (χ3n) is 2.19. The molecule has 0 bridgehead atoms. The predicted octanol–water partition coefficient (Wildman–Crippen LogP) is 0.790. The quantitative estimate of drug-likeness (QED) is 0.722. The van der Waals surface area contributed by atoms with Crippen LogP contribution in [0.1, 0.15) is 11.6 Å². The number of hydrogen-bond acceptors (Lipinski definition) is 3. The number of halogens is 3. The number of rotatable bonds is 0. The van der Waals surface area contributed by atoms with Crippen LogP contribution in [0.4, 0.5) is 18.0 Å². The van der Waals surface area contributed by atoms with E-state index in [1.54, 1.807) is 0 Å². The van der Waals surface area contributed by atoms with Crippen LogP contribution in [-0.4, -0.2) is 37.4 Å². The van der Waals surface area contributed by atoms with Gasteiger partial charge in [-0.25, -0.2) is 14.5 Å². The molecule has 0 aromatic carbocycles. The number of fused-ring (bicyclic) bond motifs is 1. The van der Waals surface area contributed by atoms with Crippen molar-refractivity contribution in [1.29, 1.82) is 0 Å². The number of hydrogen-bond donors (Lipinski definition) is 1. The highest BCUT2D eigenvalue weighted by atomic mass is 19.4. The van der Waals surface area contributed by atoms with Crippen molar-refractivity contribution in [2.75, 3.05) is 6.54 Å². The Morgan fingerprint density at radius 1 is 1.38 bits per heavy atom. The molecule has 0 fully saturated rings. The minimum Gasteiger partial charge on any atom is -0.465 e. The lowest BCUT2D eigenvalue weighted by molar-refractivity contribution is -0.145. The highest BCUT2D eigenvalue weighted by Gasteiger charge is 2.38. The lowest BCUT2D eigenvalue weighted by Crippen LogP contribution is -2.37. The zero-order chi connectivity index (χ0) is 11.9. The Bertz CT molecular complexity index is 428. The van der Waals surface area contributed by atoms with E-state index in [2.05, 4.69) is 10.1 Å². The molecule has 1 aromatic heterocycles. The first-order valence-electron chi connectivity index (χ1n) is 4.36. The van der Waals surface area contributed by atoms with Gasteiger partial charge >= 0.3 is 12.3 Å². The normalized spacial score (nSPS) is 16.1. The molecule has 2 heterocycles. The summed E-state index contributed by atoms with van der Waals surface area (Å²) in [6, 6.07) is 0. The molecule has 0 radical (unpaired) electrons. The van der Waals surface area contributed by atoms with Gasteiger partial charge in [-0.15, -0.1) is 5.10 Å². The van der Waals surface area contributed by atoms with Gasteiger partial charge in [0.25, 0.3) is 5.82 Å².